The number of hydrogen-bond acceptors (Lipinski definition) is 2. The highest BCUT2D eigenvalue weighted by molar-refractivity contribution is 5.39. The van der Waals surface area contributed by atoms with E-state index in [9.17, 15) is 5.11 Å². The molecule has 1 aromatic rings. The summed E-state index contributed by atoms with van der Waals surface area (Å²) in [6.45, 7) is 8.52. The number of benzene rings is 1. The Morgan fingerprint density at radius 1 is 1.12 bits per heavy atom. The summed E-state index contributed by atoms with van der Waals surface area (Å²) in [5.74, 6) is 0. The molecule has 2 nitrogen and oxygen atoms in total. The van der Waals surface area contributed by atoms with Crippen LogP contribution in [0.3, 0.4) is 0 Å². The first-order valence-corrected chi connectivity index (χ1v) is 5.74. The summed E-state index contributed by atoms with van der Waals surface area (Å²) in [5.41, 5.74) is 3.72. The van der Waals surface area contributed by atoms with E-state index in [1.165, 1.54) is 11.1 Å². The maximum Gasteiger partial charge on any atom is 0.113 e. The summed E-state index contributed by atoms with van der Waals surface area (Å²) in [5, 5.41) is 10.6. The molecule has 0 amide bonds. The fourth-order valence-electron chi connectivity index (χ4n) is 2.07. The lowest BCUT2D eigenvalue weighted by atomic mass is 9.86. The van der Waals surface area contributed by atoms with E-state index in [1.807, 2.05) is 13.8 Å². The molecule has 0 saturated carbocycles. The Morgan fingerprint density at radius 2 is 1.69 bits per heavy atom. The van der Waals surface area contributed by atoms with Gasteiger partial charge >= 0.3 is 0 Å². The van der Waals surface area contributed by atoms with Crippen LogP contribution in [0, 0.1) is 20.8 Å². The predicted octanol–water partition coefficient (Wildman–Crippen LogP) is 2.86. The Hall–Kier alpha value is -0.860. The maximum absolute atomic E-state index is 10.6. The lowest BCUT2D eigenvalue weighted by molar-refractivity contribution is -0.0391. The molecule has 90 valence electrons. The highest BCUT2D eigenvalue weighted by Crippen LogP contribution is 2.30. The van der Waals surface area contributed by atoms with Crippen LogP contribution in [0.15, 0.2) is 12.1 Å². The second kappa shape index (κ2) is 4.98. The second-order valence-electron chi connectivity index (χ2n) is 4.57. The van der Waals surface area contributed by atoms with Crippen molar-refractivity contribution in [2.75, 3.05) is 13.7 Å². The quantitative estimate of drug-likeness (QED) is 0.849. The van der Waals surface area contributed by atoms with Gasteiger partial charge in [-0.1, -0.05) is 19.1 Å². The third-order valence-corrected chi connectivity index (χ3v) is 3.31. The molecule has 0 aliphatic carbocycles. The molecule has 0 aliphatic heterocycles. The van der Waals surface area contributed by atoms with Gasteiger partial charge in [-0.2, -0.15) is 0 Å². The number of rotatable bonds is 4. The Balaban J connectivity index is 3.25. The van der Waals surface area contributed by atoms with Crippen LogP contribution in [-0.4, -0.2) is 18.8 Å². The summed E-state index contributed by atoms with van der Waals surface area (Å²) in [4.78, 5) is 0. The lowest BCUT2D eigenvalue weighted by Crippen LogP contribution is -2.31. The van der Waals surface area contributed by atoms with Crippen molar-refractivity contribution in [1.82, 2.24) is 0 Å². The van der Waals surface area contributed by atoms with Crippen molar-refractivity contribution in [3.63, 3.8) is 0 Å². The van der Waals surface area contributed by atoms with Gasteiger partial charge in [0, 0.05) is 7.11 Å². The van der Waals surface area contributed by atoms with Crippen LogP contribution in [-0.2, 0) is 10.3 Å². The van der Waals surface area contributed by atoms with Gasteiger partial charge in [0.15, 0.2) is 0 Å². The van der Waals surface area contributed by atoms with Crippen molar-refractivity contribution in [1.29, 1.82) is 0 Å². The molecule has 16 heavy (non-hydrogen) atoms. The Labute approximate surface area is 98.3 Å². The molecule has 0 saturated heterocycles. The zero-order chi connectivity index (χ0) is 12.3. The van der Waals surface area contributed by atoms with Crippen molar-refractivity contribution >= 4 is 0 Å². The van der Waals surface area contributed by atoms with Gasteiger partial charge in [0.05, 0.1) is 6.61 Å². The Bertz CT molecular complexity index is 371. The van der Waals surface area contributed by atoms with Crippen LogP contribution < -0.4 is 0 Å². The number of methoxy groups -OCH3 is 1. The predicted molar refractivity (Wildman–Crippen MR) is 66.7 cm³/mol. The average Bonchev–Trinajstić information content (AvgIpc) is 2.23. The van der Waals surface area contributed by atoms with E-state index in [-0.39, 0.29) is 0 Å². The van der Waals surface area contributed by atoms with E-state index in [0.717, 1.165) is 11.1 Å². The Kier molecular flexibility index (Phi) is 4.11. The van der Waals surface area contributed by atoms with Crippen molar-refractivity contribution in [3.8, 4) is 0 Å². The molecular formula is C14H22O2. The summed E-state index contributed by atoms with van der Waals surface area (Å²) in [6, 6.07) is 4.20. The van der Waals surface area contributed by atoms with Crippen LogP contribution in [0.4, 0.5) is 0 Å². The highest BCUT2D eigenvalue weighted by atomic mass is 16.5. The SMILES string of the molecule is CCC(O)(COC)c1cc(C)c(C)cc1C. The summed E-state index contributed by atoms with van der Waals surface area (Å²) >= 11 is 0. The summed E-state index contributed by atoms with van der Waals surface area (Å²) in [7, 11) is 1.62. The fourth-order valence-corrected chi connectivity index (χ4v) is 2.07. The van der Waals surface area contributed by atoms with Gasteiger partial charge in [-0.05, 0) is 49.4 Å². The monoisotopic (exact) mass is 222 g/mol. The summed E-state index contributed by atoms with van der Waals surface area (Å²) < 4.78 is 5.13. The molecule has 0 heterocycles. The molecule has 0 spiro atoms. The molecule has 1 unspecified atom stereocenters. The van der Waals surface area contributed by atoms with Crippen molar-refractivity contribution < 1.29 is 9.84 Å². The minimum atomic E-state index is -0.864. The molecule has 1 N–H and O–H groups in total. The minimum absolute atomic E-state index is 0.340. The second-order valence-corrected chi connectivity index (χ2v) is 4.57. The van der Waals surface area contributed by atoms with Gasteiger partial charge < -0.3 is 9.84 Å². The molecule has 1 atom stereocenters. The molecule has 0 aromatic heterocycles. The van der Waals surface area contributed by atoms with Crippen LogP contribution in [0.5, 0.6) is 0 Å². The van der Waals surface area contributed by atoms with E-state index < -0.39 is 5.60 Å². The first-order chi connectivity index (χ1) is 7.44. The van der Waals surface area contributed by atoms with E-state index in [4.69, 9.17) is 4.74 Å². The molecule has 0 radical (unpaired) electrons. The molecule has 0 aliphatic rings. The number of ether oxygens (including phenoxy) is 1. The van der Waals surface area contributed by atoms with Crippen LogP contribution >= 0.6 is 0 Å². The largest absolute Gasteiger partial charge is 0.383 e. The standard InChI is InChI=1S/C14H22O2/c1-6-14(15,9-16-5)13-8-11(3)10(2)7-12(13)4/h7-8,15H,6,9H2,1-5H3. The maximum atomic E-state index is 10.6. The molecule has 0 bridgehead atoms. The van der Waals surface area contributed by atoms with Gasteiger partial charge in [0.25, 0.3) is 0 Å². The molecule has 0 fully saturated rings. The van der Waals surface area contributed by atoms with Gasteiger partial charge in [-0.3, -0.25) is 0 Å². The van der Waals surface area contributed by atoms with Crippen molar-refractivity contribution in [2.45, 2.75) is 39.7 Å². The normalized spacial score (nSPS) is 14.9. The highest BCUT2D eigenvalue weighted by Gasteiger charge is 2.29. The zero-order valence-corrected chi connectivity index (χ0v) is 10.9. The average molecular weight is 222 g/mol. The van der Waals surface area contributed by atoms with E-state index in [0.29, 0.717) is 13.0 Å². The van der Waals surface area contributed by atoms with Crippen LogP contribution in [0.2, 0.25) is 0 Å². The first kappa shape index (κ1) is 13.2. The van der Waals surface area contributed by atoms with Crippen LogP contribution in [0.25, 0.3) is 0 Å². The molecule has 1 rings (SSSR count). The number of hydrogen-bond donors (Lipinski definition) is 1. The van der Waals surface area contributed by atoms with Crippen molar-refractivity contribution in [2.24, 2.45) is 0 Å². The smallest absolute Gasteiger partial charge is 0.113 e. The zero-order valence-electron chi connectivity index (χ0n) is 10.9. The van der Waals surface area contributed by atoms with Crippen molar-refractivity contribution in [3.05, 3.63) is 34.4 Å². The Morgan fingerprint density at radius 3 is 2.19 bits per heavy atom. The van der Waals surface area contributed by atoms with E-state index in [2.05, 4.69) is 26.0 Å². The lowest BCUT2D eigenvalue weighted by Gasteiger charge is -2.29. The molecular weight excluding hydrogens is 200 g/mol. The fraction of sp³-hybridized carbons (Fsp3) is 0.571. The van der Waals surface area contributed by atoms with E-state index >= 15 is 0 Å². The third-order valence-electron chi connectivity index (χ3n) is 3.31. The molecule has 1 aromatic carbocycles. The summed E-state index contributed by atoms with van der Waals surface area (Å²) in [6.07, 6.45) is 0.657. The third kappa shape index (κ3) is 2.45. The number of aryl methyl sites for hydroxylation is 3. The first-order valence-electron chi connectivity index (χ1n) is 5.74. The minimum Gasteiger partial charge on any atom is -0.383 e. The van der Waals surface area contributed by atoms with Gasteiger partial charge in [0.2, 0.25) is 0 Å². The van der Waals surface area contributed by atoms with E-state index in [1.54, 1.807) is 7.11 Å². The van der Waals surface area contributed by atoms with Crippen LogP contribution in [0.1, 0.15) is 35.6 Å². The molecule has 2 heteroatoms. The van der Waals surface area contributed by atoms with Gasteiger partial charge in [-0.15, -0.1) is 0 Å². The number of aliphatic hydroxyl groups is 1. The van der Waals surface area contributed by atoms with Gasteiger partial charge in [0.1, 0.15) is 5.60 Å². The van der Waals surface area contributed by atoms with Gasteiger partial charge in [-0.25, -0.2) is 0 Å². The topological polar surface area (TPSA) is 29.5 Å².